The van der Waals surface area contributed by atoms with Crippen molar-refractivity contribution in [1.82, 2.24) is 10.2 Å². The van der Waals surface area contributed by atoms with Gasteiger partial charge in [0.25, 0.3) is 11.6 Å². The van der Waals surface area contributed by atoms with E-state index in [1.165, 1.54) is 0 Å². The molecule has 0 aliphatic carbocycles. The molecule has 0 atom stereocenters. The maximum Gasteiger partial charge on any atom is 0.292 e. The van der Waals surface area contributed by atoms with Crippen LogP contribution in [0, 0.1) is 29.8 Å². The van der Waals surface area contributed by atoms with Gasteiger partial charge >= 0.3 is 0 Å². The number of hydrogen-bond donors (Lipinski definition) is 2. The molecule has 0 fully saturated rings. The van der Waals surface area contributed by atoms with Crippen LogP contribution in [-0.4, -0.2) is 21.0 Å². The van der Waals surface area contributed by atoms with Gasteiger partial charge in [0.05, 0.1) is 16.2 Å². The van der Waals surface area contributed by atoms with Crippen molar-refractivity contribution in [3.05, 3.63) is 51.1 Å². The molecule has 1 aromatic carbocycles. The van der Waals surface area contributed by atoms with Crippen LogP contribution in [0.1, 0.15) is 21.7 Å². The van der Waals surface area contributed by atoms with E-state index in [1.54, 1.807) is 13.8 Å². The molecule has 20 heavy (non-hydrogen) atoms. The van der Waals surface area contributed by atoms with Crippen LogP contribution in [0.15, 0.2) is 18.2 Å². The summed E-state index contributed by atoms with van der Waals surface area (Å²) >= 11 is 0. The van der Waals surface area contributed by atoms with Crippen molar-refractivity contribution in [2.75, 3.05) is 5.32 Å². The van der Waals surface area contributed by atoms with Crippen molar-refractivity contribution in [2.24, 2.45) is 0 Å². The number of aromatic nitrogens is 2. The highest BCUT2D eigenvalue weighted by Gasteiger charge is 2.20. The van der Waals surface area contributed by atoms with Gasteiger partial charge in [-0.25, -0.2) is 4.39 Å². The number of nitrogens with zero attached hydrogens (tertiary/aromatic N) is 2. The molecule has 2 aromatic rings. The summed E-state index contributed by atoms with van der Waals surface area (Å²) in [6.45, 7) is 3.27. The second-order valence-corrected chi connectivity index (χ2v) is 4.18. The highest BCUT2D eigenvalue weighted by Crippen LogP contribution is 2.26. The summed E-state index contributed by atoms with van der Waals surface area (Å²) in [7, 11) is 0. The van der Waals surface area contributed by atoms with Crippen LogP contribution in [0.4, 0.5) is 15.8 Å². The lowest BCUT2D eigenvalue weighted by atomic mass is 10.1. The first-order chi connectivity index (χ1) is 9.40. The number of benzene rings is 1. The van der Waals surface area contributed by atoms with Gasteiger partial charge in [0.2, 0.25) is 0 Å². The zero-order valence-electron chi connectivity index (χ0n) is 10.7. The largest absolute Gasteiger partial charge is 0.316 e. The van der Waals surface area contributed by atoms with Crippen LogP contribution in [0.25, 0.3) is 0 Å². The molecule has 0 saturated carbocycles. The zero-order valence-corrected chi connectivity index (χ0v) is 10.7. The monoisotopic (exact) mass is 278 g/mol. The Morgan fingerprint density at radius 3 is 2.70 bits per heavy atom. The summed E-state index contributed by atoms with van der Waals surface area (Å²) in [6, 6.07) is 2.86. The van der Waals surface area contributed by atoms with Crippen LogP contribution in [0.3, 0.4) is 0 Å². The number of aryl methyl sites for hydroxylation is 2. The van der Waals surface area contributed by atoms with Gasteiger partial charge in [0.15, 0.2) is 0 Å². The number of anilines is 1. The Bertz CT molecular complexity index is 677. The quantitative estimate of drug-likeness (QED) is 0.664. The van der Waals surface area contributed by atoms with E-state index in [4.69, 9.17) is 0 Å². The van der Waals surface area contributed by atoms with Crippen molar-refractivity contribution in [3.63, 3.8) is 0 Å². The minimum Gasteiger partial charge on any atom is -0.316 e. The molecule has 0 spiro atoms. The lowest BCUT2D eigenvalue weighted by Gasteiger charge is -2.06. The number of carbonyl (C=O) groups excluding carboxylic acids is 1. The number of nitro groups is 1. The van der Waals surface area contributed by atoms with E-state index in [0.29, 0.717) is 11.4 Å². The van der Waals surface area contributed by atoms with Gasteiger partial charge in [-0.15, -0.1) is 0 Å². The smallest absolute Gasteiger partial charge is 0.292 e. The summed E-state index contributed by atoms with van der Waals surface area (Å²) in [4.78, 5) is 22.2. The molecule has 0 radical (unpaired) electrons. The minimum absolute atomic E-state index is 0.194. The van der Waals surface area contributed by atoms with Crippen molar-refractivity contribution in [1.29, 1.82) is 0 Å². The Balaban J connectivity index is 2.37. The van der Waals surface area contributed by atoms with Gasteiger partial charge in [-0.3, -0.25) is 20.0 Å². The molecular formula is C12H11FN4O3. The Labute approximate surface area is 113 Å². The second-order valence-electron chi connectivity index (χ2n) is 4.18. The number of rotatable bonds is 3. The molecule has 7 nitrogen and oxygen atoms in total. The van der Waals surface area contributed by atoms with Gasteiger partial charge in [0.1, 0.15) is 11.5 Å². The number of amides is 1. The fourth-order valence-corrected chi connectivity index (χ4v) is 1.84. The molecule has 0 aliphatic rings. The minimum atomic E-state index is -0.690. The maximum atomic E-state index is 13.2. The Kier molecular flexibility index (Phi) is 3.47. The van der Waals surface area contributed by atoms with Crippen LogP contribution < -0.4 is 5.32 Å². The topological polar surface area (TPSA) is 101 Å². The SMILES string of the molecule is Cc1n[nH]c(C)c1C(=O)Nc1cc(F)ccc1[N+](=O)[O-]. The first-order valence-corrected chi connectivity index (χ1v) is 5.67. The molecule has 0 bridgehead atoms. The molecule has 1 amide bonds. The molecule has 0 saturated heterocycles. The van der Waals surface area contributed by atoms with E-state index in [0.717, 1.165) is 18.2 Å². The average Bonchev–Trinajstić information content (AvgIpc) is 2.68. The third kappa shape index (κ3) is 2.48. The van der Waals surface area contributed by atoms with E-state index in [1.807, 2.05) is 0 Å². The van der Waals surface area contributed by atoms with E-state index < -0.39 is 16.6 Å². The standard InChI is InChI=1S/C12H11FN4O3/c1-6-11(7(2)16-15-6)12(18)14-9-5-8(13)3-4-10(9)17(19)20/h3-5H,1-2H3,(H,14,18)(H,15,16). The summed E-state index contributed by atoms with van der Waals surface area (Å²) in [5.74, 6) is -1.26. The molecule has 2 rings (SSSR count). The number of carbonyl (C=O) groups is 1. The number of halogens is 1. The molecular weight excluding hydrogens is 267 g/mol. The molecule has 1 aromatic heterocycles. The summed E-state index contributed by atoms with van der Waals surface area (Å²) in [5, 5.41) is 19.7. The molecule has 0 aliphatic heterocycles. The number of nitro benzene ring substituents is 1. The Morgan fingerprint density at radius 1 is 1.45 bits per heavy atom. The summed E-state index contributed by atoms with van der Waals surface area (Å²) in [6.07, 6.45) is 0. The maximum absolute atomic E-state index is 13.2. The van der Waals surface area contributed by atoms with E-state index in [9.17, 15) is 19.3 Å². The molecule has 2 N–H and O–H groups in total. The third-order valence-corrected chi connectivity index (χ3v) is 2.76. The highest BCUT2D eigenvalue weighted by atomic mass is 19.1. The van der Waals surface area contributed by atoms with E-state index in [-0.39, 0.29) is 16.9 Å². The van der Waals surface area contributed by atoms with E-state index >= 15 is 0 Å². The second kappa shape index (κ2) is 5.08. The third-order valence-electron chi connectivity index (χ3n) is 2.76. The van der Waals surface area contributed by atoms with Crippen molar-refractivity contribution in [2.45, 2.75) is 13.8 Å². The van der Waals surface area contributed by atoms with Crippen LogP contribution in [-0.2, 0) is 0 Å². The predicted molar refractivity (Wildman–Crippen MR) is 69.1 cm³/mol. The van der Waals surface area contributed by atoms with Crippen molar-refractivity contribution >= 4 is 17.3 Å². The number of H-pyrrole nitrogens is 1. The van der Waals surface area contributed by atoms with Crippen LogP contribution in [0.2, 0.25) is 0 Å². The van der Waals surface area contributed by atoms with Crippen LogP contribution in [0.5, 0.6) is 0 Å². The van der Waals surface area contributed by atoms with Crippen LogP contribution >= 0.6 is 0 Å². The van der Waals surface area contributed by atoms with E-state index in [2.05, 4.69) is 15.5 Å². The Morgan fingerprint density at radius 2 is 2.15 bits per heavy atom. The number of hydrogen-bond acceptors (Lipinski definition) is 4. The van der Waals surface area contributed by atoms with Crippen molar-refractivity contribution in [3.8, 4) is 0 Å². The lowest BCUT2D eigenvalue weighted by Crippen LogP contribution is -2.15. The molecule has 1 heterocycles. The van der Waals surface area contributed by atoms with Gasteiger partial charge in [0, 0.05) is 17.8 Å². The lowest BCUT2D eigenvalue weighted by molar-refractivity contribution is -0.384. The highest BCUT2D eigenvalue weighted by molar-refractivity contribution is 6.06. The number of nitrogens with one attached hydrogen (secondary N) is 2. The van der Waals surface area contributed by atoms with Crippen molar-refractivity contribution < 1.29 is 14.1 Å². The average molecular weight is 278 g/mol. The summed E-state index contributed by atoms with van der Waals surface area (Å²) < 4.78 is 13.2. The normalized spacial score (nSPS) is 10.3. The first kappa shape index (κ1) is 13.7. The first-order valence-electron chi connectivity index (χ1n) is 5.67. The zero-order chi connectivity index (χ0) is 14.9. The van der Waals surface area contributed by atoms with Gasteiger partial charge in [-0.05, 0) is 19.9 Å². The van der Waals surface area contributed by atoms with Gasteiger partial charge in [-0.1, -0.05) is 0 Å². The number of aromatic amines is 1. The molecule has 0 unspecified atom stereocenters. The predicted octanol–water partition coefficient (Wildman–Crippen LogP) is 2.33. The fraction of sp³-hybridized carbons (Fsp3) is 0.167. The summed E-state index contributed by atoms with van der Waals surface area (Å²) in [5.41, 5.74) is 0.695. The van der Waals surface area contributed by atoms with Gasteiger partial charge < -0.3 is 5.32 Å². The molecule has 8 heteroatoms. The molecule has 104 valence electrons. The van der Waals surface area contributed by atoms with Gasteiger partial charge in [-0.2, -0.15) is 5.10 Å². The fourth-order valence-electron chi connectivity index (χ4n) is 1.84. The Hall–Kier alpha value is -2.77.